The molecular formula is C15H22N2OS. The molecule has 0 spiro atoms. The summed E-state index contributed by atoms with van der Waals surface area (Å²) in [5.41, 5.74) is 2.49. The minimum absolute atomic E-state index is 0.0695. The van der Waals surface area contributed by atoms with Gasteiger partial charge in [0.1, 0.15) is 5.37 Å². The van der Waals surface area contributed by atoms with Gasteiger partial charge in [0.05, 0.1) is 5.25 Å². The highest BCUT2D eigenvalue weighted by atomic mass is 32.2. The maximum atomic E-state index is 12.3. The topological polar surface area (TPSA) is 32.3 Å². The van der Waals surface area contributed by atoms with Crippen molar-refractivity contribution in [1.29, 1.82) is 0 Å². The highest BCUT2D eigenvalue weighted by Crippen LogP contribution is 2.42. The van der Waals surface area contributed by atoms with Crippen molar-refractivity contribution in [2.75, 3.05) is 20.1 Å². The monoisotopic (exact) mass is 278 g/mol. The third-order valence-corrected chi connectivity index (χ3v) is 4.79. The molecule has 1 aliphatic heterocycles. The number of rotatable bonds is 5. The van der Waals surface area contributed by atoms with Crippen LogP contribution in [0.15, 0.2) is 24.3 Å². The maximum absolute atomic E-state index is 12.3. The first kappa shape index (κ1) is 14.4. The van der Waals surface area contributed by atoms with Gasteiger partial charge in [-0.2, -0.15) is 0 Å². The molecule has 2 atom stereocenters. The first-order chi connectivity index (χ1) is 9.13. The molecule has 104 valence electrons. The van der Waals surface area contributed by atoms with Crippen LogP contribution < -0.4 is 5.32 Å². The first-order valence-electron chi connectivity index (χ1n) is 6.80. The van der Waals surface area contributed by atoms with Crippen LogP contribution in [0.25, 0.3) is 0 Å². The predicted molar refractivity (Wildman–Crippen MR) is 81.2 cm³/mol. The Bertz CT molecular complexity index is 450. The molecule has 1 aromatic carbocycles. The van der Waals surface area contributed by atoms with Crippen LogP contribution in [-0.4, -0.2) is 36.2 Å². The zero-order valence-corrected chi connectivity index (χ0v) is 12.7. The Morgan fingerprint density at radius 3 is 2.89 bits per heavy atom. The zero-order valence-electron chi connectivity index (χ0n) is 11.8. The highest BCUT2D eigenvalue weighted by molar-refractivity contribution is 8.01. The van der Waals surface area contributed by atoms with Gasteiger partial charge in [0.2, 0.25) is 5.91 Å². The summed E-state index contributed by atoms with van der Waals surface area (Å²) in [5, 5.41) is 3.39. The summed E-state index contributed by atoms with van der Waals surface area (Å²) in [4.78, 5) is 14.3. The van der Waals surface area contributed by atoms with Gasteiger partial charge in [-0.3, -0.25) is 4.79 Å². The van der Waals surface area contributed by atoms with E-state index in [1.54, 1.807) is 11.8 Å². The largest absolute Gasteiger partial charge is 0.326 e. The van der Waals surface area contributed by atoms with Gasteiger partial charge in [0, 0.05) is 6.54 Å². The molecule has 3 nitrogen and oxygen atoms in total. The van der Waals surface area contributed by atoms with E-state index in [0.29, 0.717) is 0 Å². The molecular weight excluding hydrogens is 256 g/mol. The van der Waals surface area contributed by atoms with Gasteiger partial charge in [-0.05, 0) is 39.4 Å². The zero-order chi connectivity index (χ0) is 13.8. The number of amides is 1. The normalized spacial score (nSPS) is 23.1. The molecule has 2 rings (SSSR count). The van der Waals surface area contributed by atoms with E-state index in [2.05, 4.69) is 36.5 Å². The number of carbonyl (C=O) groups is 1. The van der Waals surface area contributed by atoms with Gasteiger partial charge in [-0.25, -0.2) is 0 Å². The quantitative estimate of drug-likeness (QED) is 0.840. The van der Waals surface area contributed by atoms with Crippen molar-refractivity contribution in [3.8, 4) is 0 Å². The van der Waals surface area contributed by atoms with Crippen LogP contribution in [0.1, 0.15) is 29.8 Å². The van der Waals surface area contributed by atoms with Gasteiger partial charge < -0.3 is 10.2 Å². The third-order valence-electron chi connectivity index (χ3n) is 3.40. The molecule has 0 radical (unpaired) electrons. The minimum Gasteiger partial charge on any atom is -0.326 e. The van der Waals surface area contributed by atoms with Crippen molar-refractivity contribution >= 4 is 17.7 Å². The van der Waals surface area contributed by atoms with Crippen molar-refractivity contribution in [3.63, 3.8) is 0 Å². The van der Waals surface area contributed by atoms with Crippen molar-refractivity contribution in [1.82, 2.24) is 10.2 Å². The van der Waals surface area contributed by atoms with Gasteiger partial charge in [-0.15, -0.1) is 11.8 Å². The number of nitrogens with one attached hydrogen (secondary N) is 1. The second-order valence-electron chi connectivity index (χ2n) is 5.03. The van der Waals surface area contributed by atoms with E-state index in [-0.39, 0.29) is 16.5 Å². The standard InChI is InChI=1S/C15H22N2OS/c1-11-6-4-7-13(10-11)15-17(9-5-8-16-3)14(18)12(2)19-15/h4,6-7,10,12,15-16H,5,8-9H2,1-3H3. The molecule has 1 amide bonds. The lowest BCUT2D eigenvalue weighted by molar-refractivity contribution is -0.129. The van der Waals surface area contributed by atoms with E-state index in [1.165, 1.54) is 11.1 Å². The lowest BCUT2D eigenvalue weighted by Crippen LogP contribution is -2.32. The van der Waals surface area contributed by atoms with E-state index in [0.717, 1.165) is 19.5 Å². The number of hydrogen-bond acceptors (Lipinski definition) is 3. The molecule has 0 aliphatic carbocycles. The number of nitrogens with zero attached hydrogens (tertiary/aromatic N) is 1. The maximum Gasteiger partial charge on any atom is 0.236 e. The molecule has 0 aromatic heterocycles. The molecule has 1 aromatic rings. The summed E-state index contributed by atoms with van der Waals surface area (Å²) < 4.78 is 0. The smallest absolute Gasteiger partial charge is 0.236 e. The summed E-state index contributed by atoms with van der Waals surface area (Å²) in [7, 11) is 1.95. The first-order valence-corrected chi connectivity index (χ1v) is 7.75. The molecule has 0 saturated carbocycles. The van der Waals surface area contributed by atoms with Crippen molar-refractivity contribution < 1.29 is 4.79 Å². The number of thioether (sulfide) groups is 1. The molecule has 2 unspecified atom stereocenters. The SMILES string of the molecule is CNCCCN1C(=O)C(C)SC1c1cccc(C)c1. The lowest BCUT2D eigenvalue weighted by Gasteiger charge is -2.24. The number of aryl methyl sites for hydroxylation is 1. The van der Waals surface area contributed by atoms with Gasteiger partial charge in [0.15, 0.2) is 0 Å². The molecule has 0 bridgehead atoms. The molecule has 19 heavy (non-hydrogen) atoms. The van der Waals surface area contributed by atoms with Crippen molar-refractivity contribution in [3.05, 3.63) is 35.4 Å². The molecule has 1 saturated heterocycles. The Morgan fingerprint density at radius 2 is 2.21 bits per heavy atom. The highest BCUT2D eigenvalue weighted by Gasteiger charge is 2.37. The molecule has 4 heteroatoms. The summed E-state index contributed by atoms with van der Waals surface area (Å²) in [6, 6.07) is 8.49. The Hall–Kier alpha value is -1.00. The van der Waals surface area contributed by atoms with Crippen molar-refractivity contribution in [2.24, 2.45) is 0 Å². The summed E-state index contributed by atoms with van der Waals surface area (Å²) in [6.45, 7) is 5.88. The average molecular weight is 278 g/mol. The second-order valence-corrected chi connectivity index (χ2v) is 6.46. The van der Waals surface area contributed by atoms with Crippen LogP contribution in [-0.2, 0) is 4.79 Å². The number of hydrogen-bond donors (Lipinski definition) is 1. The van der Waals surface area contributed by atoms with E-state index in [1.807, 2.05) is 18.9 Å². The van der Waals surface area contributed by atoms with Gasteiger partial charge in [-0.1, -0.05) is 29.8 Å². The summed E-state index contributed by atoms with van der Waals surface area (Å²) in [5.74, 6) is 0.271. The fourth-order valence-corrected chi connectivity index (χ4v) is 3.71. The molecule has 1 fully saturated rings. The Kier molecular flexibility index (Phi) is 4.88. The summed E-state index contributed by atoms with van der Waals surface area (Å²) in [6.07, 6.45) is 0.998. The Balaban J connectivity index is 2.15. The van der Waals surface area contributed by atoms with E-state index in [4.69, 9.17) is 0 Å². The van der Waals surface area contributed by atoms with E-state index < -0.39 is 0 Å². The Labute approximate surface area is 119 Å². The van der Waals surface area contributed by atoms with Crippen LogP contribution in [0.2, 0.25) is 0 Å². The average Bonchev–Trinajstić information content (AvgIpc) is 2.67. The van der Waals surface area contributed by atoms with Crippen LogP contribution in [0, 0.1) is 6.92 Å². The fraction of sp³-hybridized carbons (Fsp3) is 0.533. The Morgan fingerprint density at radius 1 is 1.42 bits per heavy atom. The van der Waals surface area contributed by atoms with E-state index in [9.17, 15) is 4.79 Å². The number of benzene rings is 1. The van der Waals surface area contributed by atoms with Crippen LogP contribution >= 0.6 is 11.8 Å². The van der Waals surface area contributed by atoms with Crippen LogP contribution in [0.3, 0.4) is 0 Å². The number of carbonyl (C=O) groups excluding carboxylic acids is 1. The molecule has 1 aliphatic rings. The lowest BCUT2D eigenvalue weighted by atomic mass is 10.1. The second kappa shape index (κ2) is 6.44. The van der Waals surface area contributed by atoms with Gasteiger partial charge in [0.25, 0.3) is 0 Å². The fourth-order valence-electron chi connectivity index (χ4n) is 2.41. The minimum atomic E-state index is 0.0695. The summed E-state index contributed by atoms with van der Waals surface area (Å²) >= 11 is 1.76. The van der Waals surface area contributed by atoms with E-state index >= 15 is 0 Å². The molecule has 1 N–H and O–H groups in total. The predicted octanol–water partition coefficient (Wildman–Crippen LogP) is 2.57. The van der Waals surface area contributed by atoms with Crippen LogP contribution in [0.5, 0.6) is 0 Å². The third kappa shape index (κ3) is 3.31. The van der Waals surface area contributed by atoms with Crippen molar-refractivity contribution in [2.45, 2.75) is 30.9 Å². The van der Waals surface area contributed by atoms with Crippen LogP contribution in [0.4, 0.5) is 0 Å². The van der Waals surface area contributed by atoms with Gasteiger partial charge >= 0.3 is 0 Å². The molecule has 1 heterocycles.